The molecule has 3 rings (SSSR count). The van der Waals surface area contributed by atoms with Gasteiger partial charge in [-0.05, 0) is 62.9 Å². The van der Waals surface area contributed by atoms with Crippen molar-refractivity contribution in [1.82, 2.24) is 10.2 Å². The molecular weight excluding hydrogens is 260 g/mol. The molecule has 2 heterocycles. The van der Waals surface area contributed by atoms with E-state index in [9.17, 15) is 0 Å². The molecule has 116 valence electrons. The Kier molecular flexibility index (Phi) is 4.51. The second-order valence-electron chi connectivity index (χ2n) is 6.43. The number of nitrogens with one attached hydrogen (secondary N) is 1. The normalized spacial score (nSPS) is 30.3. The molecule has 0 bridgehead atoms. The van der Waals surface area contributed by atoms with E-state index in [2.05, 4.69) is 48.3 Å². The quantitative estimate of drug-likeness (QED) is 0.901. The summed E-state index contributed by atoms with van der Waals surface area (Å²) in [6.45, 7) is 11.1. The van der Waals surface area contributed by atoms with Crippen LogP contribution in [-0.2, 0) is 0 Å². The molecule has 0 amide bonds. The van der Waals surface area contributed by atoms with Gasteiger partial charge in [0.15, 0.2) is 0 Å². The topological polar surface area (TPSA) is 24.5 Å². The summed E-state index contributed by atoms with van der Waals surface area (Å²) in [7, 11) is 0. The van der Waals surface area contributed by atoms with Crippen LogP contribution in [-0.4, -0.2) is 37.2 Å². The van der Waals surface area contributed by atoms with Crippen molar-refractivity contribution in [3.63, 3.8) is 0 Å². The van der Waals surface area contributed by atoms with Crippen molar-refractivity contribution < 1.29 is 4.74 Å². The molecule has 1 aromatic carbocycles. The van der Waals surface area contributed by atoms with Gasteiger partial charge in [0.25, 0.3) is 0 Å². The lowest BCUT2D eigenvalue weighted by Crippen LogP contribution is -2.36. The van der Waals surface area contributed by atoms with E-state index in [1.165, 1.54) is 31.6 Å². The van der Waals surface area contributed by atoms with Gasteiger partial charge in [0.1, 0.15) is 5.75 Å². The number of fused-ring (bicyclic) bond motifs is 1. The Hall–Kier alpha value is -1.06. The molecule has 2 aliphatic rings. The molecule has 3 nitrogen and oxygen atoms in total. The molecular formula is C18H28N2O. The fourth-order valence-corrected chi connectivity index (χ4v) is 4.24. The van der Waals surface area contributed by atoms with Crippen LogP contribution in [0.2, 0.25) is 0 Å². The first-order valence-electron chi connectivity index (χ1n) is 8.43. The van der Waals surface area contributed by atoms with Crippen LogP contribution in [0.15, 0.2) is 24.3 Å². The highest BCUT2D eigenvalue weighted by atomic mass is 16.5. The molecule has 2 fully saturated rings. The van der Waals surface area contributed by atoms with Crippen LogP contribution >= 0.6 is 0 Å². The molecule has 0 saturated carbocycles. The first-order chi connectivity index (χ1) is 10.2. The molecule has 21 heavy (non-hydrogen) atoms. The molecule has 0 radical (unpaired) electrons. The Morgan fingerprint density at radius 1 is 1.24 bits per heavy atom. The van der Waals surface area contributed by atoms with Gasteiger partial charge in [0.2, 0.25) is 0 Å². The Morgan fingerprint density at radius 3 is 2.67 bits per heavy atom. The third kappa shape index (κ3) is 2.82. The monoisotopic (exact) mass is 288 g/mol. The first-order valence-corrected chi connectivity index (χ1v) is 8.43. The lowest BCUT2D eigenvalue weighted by molar-refractivity contribution is 0.165. The second-order valence-corrected chi connectivity index (χ2v) is 6.43. The van der Waals surface area contributed by atoms with E-state index >= 15 is 0 Å². The predicted molar refractivity (Wildman–Crippen MR) is 86.7 cm³/mol. The maximum Gasteiger partial charge on any atom is 0.119 e. The molecule has 0 aliphatic carbocycles. The zero-order valence-electron chi connectivity index (χ0n) is 13.5. The van der Waals surface area contributed by atoms with Crippen LogP contribution < -0.4 is 10.1 Å². The highest BCUT2D eigenvalue weighted by Gasteiger charge is 2.44. The maximum atomic E-state index is 5.55. The van der Waals surface area contributed by atoms with Crippen molar-refractivity contribution in [1.29, 1.82) is 0 Å². The number of rotatable bonds is 5. The lowest BCUT2D eigenvalue weighted by atomic mass is 9.92. The Bertz CT molecular complexity index is 459. The van der Waals surface area contributed by atoms with Crippen LogP contribution in [0.3, 0.4) is 0 Å². The van der Waals surface area contributed by atoms with E-state index < -0.39 is 0 Å². The molecule has 2 saturated heterocycles. The van der Waals surface area contributed by atoms with Crippen molar-refractivity contribution in [2.24, 2.45) is 11.8 Å². The summed E-state index contributed by atoms with van der Waals surface area (Å²) >= 11 is 0. The van der Waals surface area contributed by atoms with Gasteiger partial charge in [-0.2, -0.15) is 0 Å². The molecule has 4 unspecified atom stereocenters. The fourth-order valence-electron chi connectivity index (χ4n) is 4.24. The minimum Gasteiger partial charge on any atom is -0.494 e. The Morgan fingerprint density at radius 2 is 2.00 bits per heavy atom. The average Bonchev–Trinajstić information content (AvgIpc) is 3.08. The van der Waals surface area contributed by atoms with Crippen molar-refractivity contribution >= 4 is 0 Å². The Balaban J connectivity index is 1.73. The van der Waals surface area contributed by atoms with Crippen molar-refractivity contribution in [2.75, 3.05) is 26.2 Å². The highest BCUT2D eigenvalue weighted by molar-refractivity contribution is 5.29. The number of benzene rings is 1. The summed E-state index contributed by atoms with van der Waals surface area (Å²) < 4.78 is 5.55. The average molecular weight is 288 g/mol. The van der Waals surface area contributed by atoms with Crippen molar-refractivity contribution in [2.45, 2.75) is 39.3 Å². The predicted octanol–water partition coefficient (Wildman–Crippen LogP) is 3.08. The van der Waals surface area contributed by atoms with E-state index in [4.69, 9.17) is 4.74 Å². The zero-order chi connectivity index (χ0) is 14.8. The zero-order valence-corrected chi connectivity index (χ0v) is 13.5. The van der Waals surface area contributed by atoms with E-state index in [0.717, 1.165) is 30.2 Å². The van der Waals surface area contributed by atoms with Gasteiger partial charge in [-0.15, -0.1) is 0 Å². The summed E-state index contributed by atoms with van der Waals surface area (Å²) in [4.78, 5) is 2.73. The maximum absolute atomic E-state index is 5.55. The summed E-state index contributed by atoms with van der Waals surface area (Å²) in [5.74, 6) is 2.67. The highest BCUT2D eigenvalue weighted by Crippen LogP contribution is 2.39. The van der Waals surface area contributed by atoms with Crippen LogP contribution in [0.4, 0.5) is 0 Å². The summed E-state index contributed by atoms with van der Waals surface area (Å²) in [5, 5.41) is 3.57. The van der Waals surface area contributed by atoms with Gasteiger partial charge in [-0.1, -0.05) is 19.1 Å². The van der Waals surface area contributed by atoms with Crippen molar-refractivity contribution in [3.05, 3.63) is 29.8 Å². The minimum atomic E-state index is 0.497. The third-order valence-corrected chi connectivity index (χ3v) is 5.35. The molecule has 0 aromatic heterocycles. The molecule has 0 spiro atoms. The molecule has 2 aliphatic heterocycles. The van der Waals surface area contributed by atoms with E-state index in [1.807, 2.05) is 6.92 Å². The van der Waals surface area contributed by atoms with E-state index in [1.54, 1.807) is 0 Å². The molecule has 3 heteroatoms. The van der Waals surface area contributed by atoms with Crippen LogP contribution in [0.5, 0.6) is 5.75 Å². The van der Waals surface area contributed by atoms with E-state index in [0.29, 0.717) is 6.04 Å². The van der Waals surface area contributed by atoms with Gasteiger partial charge < -0.3 is 10.1 Å². The van der Waals surface area contributed by atoms with Crippen LogP contribution in [0.1, 0.15) is 38.8 Å². The van der Waals surface area contributed by atoms with Gasteiger partial charge in [-0.25, -0.2) is 0 Å². The van der Waals surface area contributed by atoms with Gasteiger partial charge >= 0.3 is 0 Å². The third-order valence-electron chi connectivity index (χ3n) is 5.35. The first kappa shape index (κ1) is 14.9. The van der Waals surface area contributed by atoms with Crippen LogP contribution in [0.25, 0.3) is 0 Å². The Labute approximate surface area is 128 Å². The second kappa shape index (κ2) is 6.37. The standard InChI is InChI=1S/C18H28N2O/c1-4-18-17-11-19-10-15(17)12-20(18)13(3)14-6-8-16(9-7-14)21-5-2/h6-9,13,15,17-19H,4-5,10-12H2,1-3H3. The van der Waals surface area contributed by atoms with Gasteiger partial charge in [0.05, 0.1) is 6.61 Å². The van der Waals surface area contributed by atoms with Gasteiger partial charge in [-0.3, -0.25) is 4.90 Å². The summed E-state index contributed by atoms with van der Waals surface area (Å²) in [6, 6.07) is 9.90. The summed E-state index contributed by atoms with van der Waals surface area (Å²) in [5.41, 5.74) is 1.41. The number of hydrogen-bond donors (Lipinski definition) is 1. The number of likely N-dealkylation sites (tertiary alicyclic amines) is 1. The van der Waals surface area contributed by atoms with Crippen molar-refractivity contribution in [3.8, 4) is 5.75 Å². The minimum absolute atomic E-state index is 0.497. The summed E-state index contributed by atoms with van der Waals surface area (Å²) in [6.07, 6.45) is 1.25. The number of nitrogens with zero attached hydrogens (tertiary/aromatic N) is 1. The smallest absolute Gasteiger partial charge is 0.119 e. The van der Waals surface area contributed by atoms with Gasteiger partial charge in [0, 0.05) is 18.6 Å². The van der Waals surface area contributed by atoms with E-state index in [-0.39, 0.29) is 0 Å². The number of ether oxygens (including phenoxy) is 1. The number of hydrogen-bond acceptors (Lipinski definition) is 3. The van der Waals surface area contributed by atoms with Crippen LogP contribution in [0, 0.1) is 11.8 Å². The molecule has 1 aromatic rings. The lowest BCUT2D eigenvalue weighted by Gasteiger charge is -2.32. The molecule has 1 N–H and O–H groups in total. The molecule has 4 atom stereocenters. The fraction of sp³-hybridized carbons (Fsp3) is 0.667. The largest absolute Gasteiger partial charge is 0.494 e. The SMILES string of the molecule is CCOc1ccc(C(C)N2CC3CNCC3C2CC)cc1.